The van der Waals surface area contributed by atoms with Crippen LogP contribution in [-0.2, 0) is 0 Å². The first-order chi connectivity index (χ1) is 13.5. The number of aromatic nitrogens is 2. The van der Waals surface area contributed by atoms with Crippen molar-refractivity contribution >= 4 is 23.1 Å². The molecule has 0 bridgehead atoms. The lowest BCUT2D eigenvalue weighted by Gasteiger charge is -2.15. The molecule has 146 valence electrons. The zero-order valence-electron chi connectivity index (χ0n) is 15.6. The average molecular weight is 385 g/mol. The van der Waals surface area contributed by atoms with Gasteiger partial charge in [0.2, 0.25) is 11.7 Å². The van der Waals surface area contributed by atoms with Crippen LogP contribution >= 0.6 is 0 Å². The van der Waals surface area contributed by atoms with Gasteiger partial charge in [-0.25, -0.2) is 9.37 Å². The lowest BCUT2D eigenvalue weighted by atomic mass is 10.1. The van der Waals surface area contributed by atoms with Gasteiger partial charge in [-0.3, -0.25) is 0 Å². The topological polar surface area (TPSA) is 118 Å². The molecule has 2 aromatic carbocycles. The number of anilines is 4. The third kappa shape index (κ3) is 3.68. The van der Waals surface area contributed by atoms with Crippen LogP contribution in [0.1, 0.15) is 0 Å². The number of ether oxygens (including phenoxy) is 3. The Morgan fingerprint density at radius 1 is 0.929 bits per heavy atom. The summed E-state index contributed by atoms with van der Waals surface area (Å²) in [5, 5.41) is 2.98. The van der Waals surface area contributed by atoms with Gasteiger partial charge in [0.05, 0.1) is 21.3 Å². The summed E-state index contributed by atoms with van der Waals surface area (Å²) in [6.45, 7) is 0. The number of rotatable bonds is 6. The number of nitrogens with one attached hydrogen (secondary N) is 1. The standard InChI is InChI=1S/C19H20FN5O3/c1-26-13-8-12(9-14(27-2)17(13)28-3)23-19-24-16(15(20)18(22)25-19)10-5-4-6-11(21)7-10/h4-9H,21H2,1-3H3,(H3,22,23,24,25). The Kier molecular flexibility index (Phi) is 5.35. The Morgan fingerprint density at radius 3 is 2.18 bits per heavy atom. The van der Waals surface area contributed by atoms with Gasteiger partial charge in [0, 0.05) is 29.1 Å². The molecule has 0 radical (unpaired) electrons. The van der Waals surface area contributed by atoms with Crippen molar-refractivity contribution in [1.82, 2.24) is 9.97 Å². The second-order valence-corrected chi connectivity index (χ2v) is 5.76. The van der Waals surface area contributed by atoms with E-state index in [4.69, 9.17) is 25.7 Å². The van der Waals surface area contributed by atoms with E-state index in [1.165, 1.54) is 21.3 Å². The summed E-state index contributed by atoms with van der Waals surface area (Å²) < 4.78 is 30.4. The van der Waals surface area contributed by atoms with Crippen molar-refractivity contribution < 1.29 is 18.6 Å². The third-order valence-corrected chi connectivity index (χ3v) is 3.96. The first kappa shape index (κ1) is 19.0. The number of halogens is 1. The molecule has 9 heteroatoms. The van der Waals surface area contributed by atoms with E-state index in [-0.39, 0.29) is 17.5 Å². The summed E-state index contributed by atoms with van der Waals surface area (Å²) in [4.78, 5) is 8.21. The zero-order valence-corrected chi connectivity index (χ0v) is 15.6. The molecule has 3 rings (SSSR count). The van der Waals surface area contributed by atoms with E-state index in [0.29, 0.717) is 34.2 Å². The summed E-state index contributed by atoms with van der Waals surface area (Å²) >= 11 is 0. The maximum atomic E-state index is 14.5. The average Bonchev–Trinajstić information content (AvgIpc) is 2.69. The van der Waals surface area contributed by atoms with E-state index in [1.807, 2.05) is 0 Å². The van der Waals surface area contributed by atoms with E-state index < -0.39 is 5.82 Å². The first-order valence-electron chi connectivity index (χ1n) is 8.22. The molecule has 0 unspecified atom stereocenters. The zero-order chi connectivity index (χ0) is 20.3. The lowest BCUT2D eigenvalue weighted by Crippen LogP contribution is -2.06. The molecule has 28 heavy (non-hydrogen) atoms. The van der Waals surface area contributed by atoms with Gasteiger partial charge in [-0.05, 0) is 12.1 Å². The second-order valence-electron chi connectivity index (χ2n) is 5.76. The van der Waals surface area contributed by atoms with Gasteiger partial charge in [0.1, 0.15) is 5.69 Å². The van der Waals surface area contributed by atoms with Crippen LogP contribution in [-0.4, -0.2) is 31.3 Å². The third-order valence-electron chi connectivity index (χ3n) is 3.96. The van der Waals surface area contributed by atoms with Crippen LogP contribution in [0.15, 0.2) is 36.4 Å². The molecule has 0 fully saturated rings. The lowest BCUT2D eigenvalue weighted by molar-refractivity contribution is 0.324. The van der Waals surface area contributed by atoms with Gasteiger partial charge in [-0.15, -0.1) is 0 Å². The molecule has 5 N–H and O–H groups in total. The number of hydrogen-bond acceptors (Lipinski definition) is 8. The molecular weight excluding hydrogens is 365 g/mol. The van der Waals surface area contributed by atoms with Gasteiger partial charge in [0.25, 0.3) is 0 Å². The van der Waals surface area contributed by atoms with Gasteiger partial charge in [-0.1, -0.05) is 12.1 Å². The van der Waals surface area contributed by atoms with Crippen molar-refractivity contribution in [2.45, 2.75) is 0 Å². The predicted molar refractivity (Wildman–Crippen MR) is 106 cm³/mol. The Labute approximate surface area is 161 Å². The smallest absolute Gasteiger partial charge is 0.229 e. The summed E-state index contributed by atoms with van der Waals surface area (Å²) in [5.41, 5.74) is 13.1. The fraction of sp³-hybridized carbons (Fsp3) is 0.158. The van der Waals surface area contributed by atoms with E-state index in [0.717, 1.165) is 0 Å². The maximum absolute atomic E-state index is 14.5. The van der Waals surface area contributed by atoms with Crippen LogP contribution in [0.3, 0.4) is 0 Å². The number of nitrogen functional groups attached to an aromatic ring is 2. The van der Waals surface area contributed by atoms with Gasteiger partial charge in [-0.2, -0.15) is 4.98 Å². The highest BCUT2D eigenvalue weighted by Crippen LogP contribution is 2.40. The molecule has 0 aliphatic rings. The van der Waals surface area contributed by atoms with Gasteiger partial charge >= 0.3 is 0 Å². The summed E-state index contributed by atoms with van der Waals surface area (Å²) in [6.07, 6.45) is 0. The highest BCUT2D eigenvalue weighted by Gasteiger charge is 2.17. The molecule has 0 aliphatic heterocycles. The molecule has 8 nitrogen and oxygen atoms in total. The first-order valence-corrected chi connectivity index (χ1v) is 8.22. The molecule has 0 spiro atoms. The fourth-order valence-corrected chi connectivity index (χ4v) is 2.68. The van der Waals surface area contributed by atoms with Crippen LogP contribution in [0.5, 0.6) is 17.2 Å². The molecule has 0 amide bonds. The Morgan fingerprint density at radius 2 is 1.61 bits per heavy atom. The second kappa shape index (κ2) is 7.87. The fourth-order valence-electron chi connectivity index (χ4n) is 2.68. The minimum Gasteiger partial charge on any atom is -0.493 e. The molecule has 0 aliphatic carbocycles. The van der Waals surface area contributed by atoms with Crippen molar-refractivity contribution in [3.8, 4) is 28.5 Å². The molecular formula is C19H20FN5O3. The van der Waals surface area contributed by atoms with E-state index in [2.05, 4.69) is 15.3 Å². The van der Waals surface area contributed by atoms with Crippen LogP contribution in [0.25, 0.3) is 11.3 Å². The van der Waals surface area contributed by atoms with Crippen molar-refractivity contribution in [2.24, 2.45) is 0 Å². The minimum absolute atomic E-state index is 0.0368. The maximum Gasteiger partial charge on any atom is 0.229 e. The van der Waals surface area contributed by atoms with Crippen LogP contribution in [0, 0.1) is 5.82 Å². The minimum atomic E-state index is -0.721. The van der Waals surface area contributed by atoms with Crippen molar-refractivity contribution in [3.05, 3.63) is 42.2 Å². The Hall–Kier alpha value is -3.75. The Bertz CT molecular complexity index is 988. The molecule has 0 atom stereocenters. The summed E-state index contributed by atoms with van der Waals surface area (Å²) in [7, 11) is 4.52. The molecule has 0 saturated carbocycles. The number of nitrogens with two attached hydrogens (primary N) is 2. The number of nitrogens with zero attached hydrogens (tertiary/aromatic N) is 2. The molecule has 3 aromatic rings. The summed E-state index contributed by atoms with van der Waals surface area (Å²) in [5.74, 6) is 0.413. The van der Waals surface area contributed by atoms with Gasteiger partial charge in [0.15, 0.2) is 23.1 Å². The van der Waals surface area contributed by atoms with Crippen molar-refractivity contribution in [3.63, 3.8) is 0 Å². The van der Waals surface area contributed by atoms with Gasteiger partial charge < -0.3 is 31.0 Å². The largest absolute Gasteiger partial charge is 0.493 e. The van der Waals surface area contributed by atoms with E-state index >= 15 is 0 Å². The predicted octanol–water partition coefficient (Wildman–Crippen LogP) is 3.22. The number of methoxy groups -OCH3 is 3. The number of hydrogen-bond donors (Lipinski definition) is 3. The quantitative estimate of drug-likeness (QED) is 0.554. The molecule has 1 aromatic heterocycles. The van der Waals surface area contributed by atoms with E-state index in [1.54, 1.807) is 36.4 Å². The molecule has 1 heterocycles. The van der Waals surface area contributed by atoms with Crippen molar-refractivity contribution in [2.75, 3.05) is 38.1 Å². The highest BCUT2D eigenvalue weighted by atomic mass is 19.1. The van der Waals surface area contributed by atoms with Crippen LogP contribution in [0.4, 0.5) is 27.5 Å². The summed E-state index contributed by atoms with van der Waals surface area (Å²) in [6, 6.07) is 10.0. The Balaban J connectivity index is 2.04. The normalized spacial score (nSPS) is 10.4. The number of benzene rings is 2. The monoisotopic (exact) mass is 385 g/mol. The van der Waals surface area contributed by atoms with Crippen LogP contribution in [0.2, 0.25) is 0 Å². The van der Waals surface area contributed by atoms with E-state index in [9.17, 15) is 4.39 Å². The highest BCUT2D eigenvalue weighted by molar-refractivity contribution is 5.70. The molecule has 0 saturated heterocycles. The van der Waals surface area contributed by atoms with Crippen molar-refractivity contribution in [1.29, 1.82) is 0 Å². The van der Waals surface area contributed by atoms with Crippen LogP contribution < -0.4 is 31.0 Å². The SMILES string of the molecule is COc1cc(Nc2nc(N)c(F)c(-c3cccc(N)c3)n2)cc(OC)c1OC.